The summed E-state index contributed by atoms with van der Waals surface area (Å²) in [6.45, 7) is 0.357. The van der Waals surface area contributed by atoms with Crippen LogP contribution in [0.2, 0.25) is 5.02 Å². The number of carbonyl (C=O) groups excluding carboxylic acids is 1. The molecule has 8 heteroatoms. The topological polar surface area (TPSA) is 86.3 Å². The first-order valence-corrected chi connectivity index (χ1v) is 10.9. The Kier molecular flexibility index (Phi) is 5.10. The van der Waals surface area contributed by atoms with Gasteiger partial charge in [0.15, 0.2) is 6.10 Å². The number of fused-ring (bicyclic) bond motifs is 1. The molecular weight excluding hydrogens is 433 g/mol. The number of aliphatic hydroxyl groups excluding tert-OH is 1. The fourth-order valence-electron chi connectivity index (χ4n) is 4.38. The van der Waals surface area contributed by atoms with Gasteiger partial charge in [0.05, 0.1) is 28.2 Å². The predicted molar refractivity (Wildman–Crippen MR) is 117 cm³/mol. The van der Waals surface area contributed by atoms with Crippen LogP contribution in [0.25, 0.3) is 0 Å². The highest BCUT2D eigenvalue weighted by Crippen LogP contribution is 2.51. The summed E-state index contributed by atoms with van der Waals surface area (Å²) in [5.74, 6) is -0.631. The van der Waals surface area contributed by atoms with E-state index in [1.807, 2.05) is 30.3 Å². The van der Waals surface area contributed by atoms with E-state index in [2.05, 4.69) is 4.98 Å². The highest BCUT2D eigenvalue weighted by molar-refractivity contribution is 6.30. The molecule has 0 saturated heterocycles. The first-order valence-electron chi connectivity index (χ1n) is 10.5. The SMILES string of the molecule is O=C(C(O)c1ccc(Cl)c(F)c1)N1CCc2nc(C3(c4ccccc4)CC3)[nH]c(=O)c2C1. The molecule has 1 atom stereocenters. The van der Waals surface area contributed by atoms with Crippen LogP contribution in [0.4, 0.5) is 4.39 Å². The van der Waals surface area contributed by atoms with Gasteiger partial charge in [0.2, 0.25) is 0 Å². The molecule has 1 aliphatic carbocycles. The van der Waals surface area contributed by atoms with Crippen LogP contribution in [0.1, 0.15) is 47.2 Å². The minimum Gasteiger partial charge on any atom is -0.378 e. The zero-order chi connectivity index (χ0) is 22.5. The molecular formula is C24H21ClFN3O3. The van der Waals surface area contributed by atoms with Crippen molar-refractivity contribution in [1.82, 2.24) is 14.9 Å². The molecule has 2 aromatic carbocycles. The minimum atomic E-state index is -1.54. The van der Waals surface area contributed by atoms with Crippen molar-refractivity contribution in [2.45, 2.75) is 37.3 Å². The zero-order valence-electron chi connectivity index (χ0n) is 17.1. The summed E-state index contributed by atoms with van der Waals surface area (Å²) < 4.78 is 13.7. The minimum absolute atomic E-state index is 0.0439. The van der Waals surface area contributed by atoms with E-state index in [1.54, 1.807) is 0 Å². The standard InChI is InChI=1S/C24H21ClFN3O3/c25-17-7-6-14(12-18(17)26)20(30)22(32)29-11-8-19-16(13-29)21(31)28-23(27-19)24(9-10-24)15-4-2-1-3-5-15/h1-7,12,20,30H,8-11,13H2,(H,27,28,31). The number of amides is 1. The number of hydrogen-bond donors (Lipinski definition) is 2. The van der Waals surface area contributed by atoms with Crippen molar-refractivity contribution in [3.63, 3.8) is 0 Å². The second-order valence-corrected chi connectivity index (χ2v) is 8.78. The smallest absolute Gasteiger partial charge is 0.256 e. The molecule has 0 bridgehead atoms. The van der Waals surface area contributed by atoms with E-state index in [9.17, 15) is 19.1 Å². The van der Waals surface area contributed by atoms with E-state index in [0.29, 0.717) is 30.0 Å². The maximum absolute atomic E-state index is 13.7. The number of nitrogens with zero attached hydrogens (tertiary/aromatic N) is 2. The van der Waals surface area contributed by atoms with Crippen molar-refractivity contribution >= 4 is 17.5 Å². The van der Waals surface area contributed by atoms with Gasteiger partial charge in [-0.3, -0.25) is 9.59 Å². The molecule has 1 aliphatic heterocycles. The molecule has 1 aromatic heterocycles. The Morgan fingerprint density at radius 3 is 2.66 bits per heavy atom. The number of aromatic nitrogens is 2. The second-order valence-electron chi connectivity index (χ2n) is 8.37. The van der Waals surface area contributed by atoms with Crippen LogP contribution in [-0.4, -0.2) is 32.4 Å². The van der Waals surface area contributed by atoms with Crippen LogP contribution < -0.4 is 5.56 Å². The molecule has 164 valence electrons. The largest absolute Gasteiger partial charge is 0.378 e. The van der Waals surface area contributed by atoms with Crippen molar-refractivity contribution in [2.75, 3.05) is 6.54 Å². The summed E-state index contributed by atoms with van der Waals surface area (Å²) in [7, 11) is 0. The van der Waals surface area contributed by atoms with Crippen molar-refractivity contribution in [3.8, 4) is 0 Å². The molecule has 0 radical (unpaired) electrons. The van der Waals surface area contributed by atoms with Crippen LogP contribution >= 0.6 is 11.6 Å². The normalized spacial score (nSPS) is 17.5. The van der Waals surface area contributed by atoms with E-state index in [-0.39, 0.29) is 28.1 Å². The number of halogens is 2. The average molecular weight is 454 g/mol. The average Bonchev–Trinajstić information content (AvgIpc) is 3.62. The van der Waals surface area contributed by atoms with Crippen LogP contribution in [-0.2, 0) is 23.2 Å². The van der Waals surface area contributed by atoms with Crippen molar-refractivity contribution in [2.24, 2.45) is 0 Å². The summed E-state index contributed by atoms with van der Waals surface area (Å²) in [4.78, 5) is 34.9. The van der Waals surface area contributed by atoms with Gasteiger partial charge in [0.1, 0.15) is 11.6 Å². The molecule has 5 rings (SSSR count). The summed E-state index contributed by atoms with van der Waals surface area (Å²) in [6.07, 6.45) is 0.716. The summed E-state index contributed by atoms with van der Waals surface area (Å²) >= 11 is 5.68. The number of benzene rings is 2. The molecule has 2 N–H and O–H groups in total. The van der Waals surface area contributed by atoms with Gasteiger partial charge >= 0.3 is 0 Å². The number of nitrogens with one attached hydrogen (secondary N) is 1. The van der Waals surface area contributed by atoms with E-state index in [1.165, 1.54) is 17.0 Å². The molecule has 1 saturated carbocycles. The first-order chi connectivity index (χ1) is 15.4. The van der Waals surface area contributed by atoms with E-state index in [4.69, 9.17) is 16.6 Å². The Labute approximate surface area is 188 Å². The number of hydrogen-bond acceptors (Lipinski definition) is 4. The molecule has 0 spiro atoms. The number of rotatable bonds is 4. The molecule has 1 unspecified atom stereocenters. The van der Waals surface area contributed by atoms with Crippen molar-refractivity contribution in [3.05, 3.63) is 97.9 Å². The Morgan fingerprint density at radius 1 is 1.22 bits per heavy atom. The van der Waals surface area contributed by atoms with E-state index < -0.39 is 17.8 Å². The molecule has 3 aromatic rings. The van der Waals surface area contributed by atoms with Crippen LogP contribution in [0.5, 0.6) is 0 Å². The highest BCUT2D eigenvalue weighted by atomic mass is 35.5. The van der Waals surface area contributed by atoms with Crippen molar-refractivity contribution < 1.29 is 14.3 Å². The van der Waals surface area contributed by atoms with Gasteiger partial charge in [0, 0.05) is 13.0 Å². The first kappa shape index (κ1) is 20.8. The van der Waals surface area contributed by atoms with Gasteiger partial charge in [-0.1, -0.05) is 48.0 Å². The Bertz CT molecular complexity index is 1260. The summed E-state index contributed by atoms with van der Waals surface area (Å²) in [5.41, 5.74) is 1.83. The lowest BCUT2D eigenvalue weighted by molar-refractivity contribution is -0.141. The Morgan fingerprint density at radius 2 is 1.97 bits per heavy atom. The van der Waals surface area contributed by atoms with E-state index in [0.717, 1.165) is 24.5 Å². The van der Waals surface area contributed by atoms with Gasteiger partial charge in [-0.2, -0.15) is 0 Å². The quantitative estimate of drug-likeness (QED) is 0.635. The molecule has 6 nitrogen and oxygen atoms in total. The van der Waals surface area contributed by atoms with Gasteiger partial charge in [-0.05, 0) is 36.1 Å². The van der Waals surface area contributed by atoms with E-state index >= 15 is 0 Å². The monoisotopic (exact) mass is 453 g/mol. The van der Waals surface area contributed by atoms with Gasteiger partial charge < -0.3 is 15.0 Å². The molecule has 2 aliphatic rings. The summed E-state index contributed by atoms with van der Waals surface area (Å²) in [6, 6.07) is 13.8. The summed E-state index contributed by atoms with van der Waals surface area (Å²) in [5, 5.41) is 10.4. The highest BCUT2D eigenvalue weighted by Gasteiger charge is 2.48. The Balaban J connectivity index is 1.39. The lowest BCUT2D eigenvalue weighted by Crippen LogP contribution is -2.42. The number of aliphatic hydroxyl groups is 1. The molecule has 32 heavy (non-hydrogen) atoms. The third kappa shape index (κ3) is 3.51. The maximum Gasteiger partial charge on any atom is 0.256 e. The molecule has 2 heterocycles. The Hall–Kier alpha value is -3.03. The van der Waals surface area contributed by atoms with Gasteiger partial charge in [-0.25, -0.2) is 9.37 Å². The third-order valence-electron chi connectivity index (χ3n) is 6.40. The molecule has 1 fully saturated rings. The molecule has 1 amide bonds. The fraction of sp³-hybridized carbons (Fsp3) is 0.292. The second kappa shape index (κ2) is 7.83. The van der Waals surface area contributed by atoms with Crippen LogP contribution in [0, 0.1) is 5.82 Å². The number of carbonyl (C=O) groups is 1. The lowest BCUT2D eigenvalue weighted by Gasteiger charge is -2.30. The number of H-pyrrole nitrogens is 1. The van der Waals surface area contributed by atoms with Gasteiger partial charge in [-0.15, -0.1) is 0 Å². The third-order valence-corrected chi connectivity index (χ3v) is 6.71. The van der Waals surface area contributed by atoms with Crippen LogP contribution in [0.3, 0.4) is 0 Å². The van der Waals surface area contributed by atoms with Gasteiger partial charge in [0.25, 0.3) is 11.5 Å². The zero-order valence-corrected chi connectivity index (χ0v) is 17.9. The number of aromatic amines is 1. The maximum atomic E-state index is 13.7. The lowest BCUT2D eigenvalue weighted by atomic mass is 9.94. The fourth-order valence-corrected chi connectivity index (χ4v) is 4.50. The van der Waals surface area contributed by atoms with Crippen LogP contribution in [0.15, 0.2) is 53.3 Å². The van der Waals surface area contributed by atoms with Crippen molar-refractivity contribution in [1.29, 1.82) is 0 Å². The predicted octanol–water partition coefficient (Wildman–Crippen LogP) is 3.26.